The Balaban J connectivity index is 1.87. The molecule has 0 unspecified atom stereocenters. The molecule has 262 valence electrons. The molecule has 0 aromatic heterocycles. The van der Waals surface area contributed by atoms with Gasteiger partial charge in [0.2, 0.25) is 0 Å². The molecule has 0 amide bonds. The second-order valence-electron chi connectivity index (χ2n) is 14.4. The largest absolute Gasteiger partial charge is 0.459 e. The number of benzene rings is 1. The maximum Gasteiger partial charge on any atom is 0.308 e. The summed E-state index contributed by atoms with van der Waals surface area (Å²) in [6.07, 6.45) is -4.57. The Bertz CT molecular complexity index is 1510. The van der Waals surface area contributed by atoms with Crippen LogP contribution in [0.2, 0.25) is 0 Å². The van der Waals surface area contributed by atoms with E-state index in [1.807, 2.05) is 49.3 Å². The maximum atomic E-state index is 13.7. The number of esters is 4. The van der Waals surface area contributed by atoms with E-state index in [0.717, 1.165) is 5.56 Å². The van der Waals surface area contributed by atoms with Gasteiger partial charge in [-0.3, -0.25) is 24.0 Å². The lowest BCUT2D eigenvalue weighted by molar-refractivity contribution is -0.235. The zero-order chi connectivity index (χ0) is 35.9. The molecule has 1 aromatic rings. The van der Waals surface area contributed by atoms with Crippen LogP contribution >= 0.6 is 0 Å². The Morgan fingerprint density at radius 2 is 1.50 bits per heavy atom. The second-order valence-corrected chi connectivity index (χ2v) is 14.4. The van der Waals surface area contributed by atoms with E-state index >= 15 is 0 Å². The van der Waals surface area contributed by atoms with Crippen molar-refractivity contribution in [3.63, 3.8) is 0 Å². The Kier molecular flexibility index (Phi) is 10.5. The van der Waals surface area contributed by atoms with Crippen LogP contribution in [0, 0.1) is 16.7 Å². The summed E-state index contributed by atoms with van der Waals surface area (Å²) >= 11 is 0. The summed E-state index contributed by atoms with van der Waals surface area (Å²) in [4.78, 5) is 67.4. The van der Waals surface area contributed by atoms with Crippen molar-refractivity contribution in [1.82, 2.24) is 4.90 Å². The number of carbonyl (C=O) groups is 5. The predicted molar refractivity (Wildman–Crippen MR) is 175 cm³/mol. The molecule has 4 rings (SSSR count). The summed E-state index contributed by atoms with van der Waals surface area (Å²) < 4.78 is 24.0. The number of fused-ring (bicyclic) bond motifs is 3. The fraction of sp³-hybridized carbons (Fsp3) is 0.595. The minimum atomic E-state index is -2.02. The highest BCUT2D eigenvalue weighted by atomic mass is 16.6. The number of Topliss-reactive ketones (excluding diaryl/α,β-unsaturated/α-hetero) is 1. The third kappa shape index (κ3) is 6.59. The van der Waals surface area contributed by atoms with Crippen molar-refractivity contribution >= 4 is 29.7 Å². The van der Waals surface area contributed by atoms with E-state index in [2.05, 4.69) is 6.58 Å². The van der Waals surface area contributed by atoms with Gasteiger partial charge >= 0.3 is 23.9 Å². The van der Waals surface area contributed by atoms with Crippen LogP contribution in [0.3, 0.4) is 0 Å². The minimum absolute atomic E-state index is 0.0413. The van der Waals surface area contributed by atoms with Crippen LogP contribution in [-0.4, -0.2) is 83.8 Å². The third-order valence-corrected chi connectivity index (χ3v) is 10.8. The van der Waals surface area contributed by atoms with Crippen molar-refractivity contribution in [1.29, 1.82) is 0 Å². The minimum Gasteiger partial charge on any atom is -0.459 e. The smallest absolute Gasteiger partial charge is 0.308 e. The molecule has 3 aliphatic rings. The number of hydrogen-bond acceptors (Lipinski definition) is 11. The van der Waals surface area contributed by atoms with Gasteiger partial charge in [0.1, 0.15) is 23.9 Å². The molecule has 11 nitrogen and oxygen atoms in total. The maximum absolute atomic E-state index is 13.7. The highest BCUT2D eigenvalue weighted by Gasteiger charge is 2.69. The lowest BCUT2D eigenvalue weighted by Gasteiger charge is -2.62. The summed E-state index contributed by atoms with van der Waals surface area (Å²) in [6, 6.07) is 9.31. The topological polar surface area (TPSA) is 146 Å². The van der Waals surface area contributed by atoms with Gasteiger partial charge in [0.05, 0.1) is 6.42 Å². The van der Waals surface area contributed by atoms with Gasteiger partial charge in [-0.15, -0.1) is 0 Å². The third-order valence-electron chi connectivity index (χ3n) is 10.8. The van der Waals surface area contributed by atoms with E-state index in [4.69, 9.17) is 18.9 Å². The second kappa shape index (κ2) is 13.6. The lowest BCUT2D eigenvalue weighted by atomic mass is 9.47. The highest BCUT2D eigenvalue weighted by Crippen LogP contribution is 2.62. The molecule has 0 radical (unpaired) electrons. The standard InChI is InChI=1S/C37H49NO10/c1-20-27(42)19-37(44)33(46-23(4)40)31-21(2)28(48-29(43)18-26(38(9)10)25-14-12-11-13-15-25)16-17-36(31,8)34(47-24(5)41)32(45-22(3)39)30(20)35(37,6)7/h11-15,26,28,31-34,44H,2,16-19H2,1,3-10H3/t26-,28-,31-,32+,33+,34-,36+,37+/m0/s1. The van der Waals surface area contributed by atoms with Crippen LogP contribution in [0.25, 0.3) is 0 Å². The molecule has 0 aliphatic heterocycles. The van der Waals surface area contributed by atoms with E-state index < -0.39 is 82.8 Å². The van der Waals surface area contributed by atoms with Gasteiger partial charge in [-0.25, -0.2) is 0 Å². The number of ketones is 1. The molecular weight excluding hydrogens is 618 g/mol. The number of ether oxygens (including phenoxy) is 4. The van der Waals surface area contributed by atoms with Crippen LogP contribution in [-0.2, 0) is 42.9 Å². The number of nitrogens with zero attached hydrogens (tertiary/aromatic N) is 1. The van der Waals surface area contributed by atoms with Crippen molar-refractivity contribution in [2.75, 3.05) is 14.1 Å². The molecule has 8 atom stereocenters. The van der Waals surface area contributed by atoms with E-state index in [-0.39, 0.29) is 36.5 Å². The van der Waals surface area contributed by atoms with Gasteiger partial charge in [0.25, 0.3) is 0 Å². The molecule has 2 saturated carbocycles. The first-order valence-electron chi connectivity index (χ1n) is 16.3. The SMILES string of the molecule is C=C1[C@@H](OC(=O)C[C@@H](c2ccccc2)N(C)C)CC[C@@]2(C)[C@@H](OC(C)=O)[C@H](OC(C)=O)C3=C(C)C(=O)C[C@@](O)([C@H](OC(C)=O)[C@H]12)C3(C)C. The van der Waals surface area contributed by atoms with Crippen LogP contribution in [0.15, 0.2) is 53.6 Å². The molecule has 2 bridgehead atoms. The molecule has 48 heavy (non-hydrogen) atoms. The molecule has 2 fully saturated rings. The zero-order valence-electron chi connectivity index (χ0n) is 29.5. The molecule has 0 saturated heterocycles. The Labute approximate surface area is 282 Å². The number of hydrogen-bond donors (Lipinski definition) is 1. The average molecular weight is 668 g/mol. The molecule has 0 spiro atoms. The molecular formula is C37H49NO10. The quantitative estimate of drug-likeness (QED) is 0.239. The molecule has 11 heteroatoms. The Morgan fingerprint density at radius 3 is 2.04 bits per heavy atom. The Hall–Kier alpha value is -3.83. The van der Waals surface area contributed by atoms with Gasteiger partial charge < -0.3 is 29.0 Å². The van der Waals surface area contributed by atoms with Crippen LogP contribution in [0.5, 0.6) is 0 Å². The first-order chi connectivity index (χ1) is 22.3. The van der Waals surface area contributed by atoms with Gasteiger partial charge in [0, 0.05) is 50.0 Å². The molecule has 0 heterocycles. The number of rotatable bonds is 8. The molecule has 1 N–H and O–H groups in total. The van der Waals surface area contributed by atoms with Crippen LogP contribution < -0.4 is 0 Å². The highest BCUT2D eigenvalue weighted by molar-refractivity contribution is 5.98. The van der Waals surface area contributed by atoms with Crippen molar-refractivity contribution in [2.24, 2.45) is 16.7 Å². The van der Waals surface area contributed by atoms with Gasteiger partial charge in [-0.1, -0.05) is 57.7 Å². The average Bonchev–Trinajstić information content (AvgIpc) is 2.97. The fourth-order valence-corrected chi connectivity index (χ4v) is 8.31. The van der Waals surface area contributed by atoms with Gasteiger partial charge in [-0.2, -0.15) is 0 Å². The van der Waals surface area contributed by atoms with Crippen molar-refractivity contribution in [2.45, 2.75) is 110 Å². The predicted octanol–water partition coefficient (Wildman–Crippen LogP) is 4.42. The van der Waals surface area contributed by atoms with Gasteiger partial charge in [-0.05, 0) is 56.1 Å². The number of allylic oxidation sites excluding steroid dienone is 1. The summed E-state index contributed by atoms with van der Waals surface area (Å²) in [5.74, 6) is -3.98. The van der Waals surface area contributed by atoms with Gasteiger partial charge in [0.15, 0.2) is 11.9 Å². The lowest BCUT2D eigenvalue weighted by Crippen LogP contribution is -2.70. The van der Waals surface area contributed by atoms with E-state index in [9.17, 15) is 29.1 Å². The van der Waals surface area contributed by atoms with Crippen molar-refractivity contribution in [3.05, 3.63) is 59.2 Å². The van der Waals surface area contributed by atoms with Crippen molar-refractivity contribution in [3.8, 4) is 0 Å². The van der Waals surface area contributed by atoms with Crippen molar-refractivity contribution < 1.29 is 48.0 Å². The number of carbonyl (C=O) groups excluding carboxylic acids is 5. The summed E-state index contributed by atoms with van der Waals surface area (Å²) in [5.41, 5.74) is -2.72. The fourth-order valence-electron chi connectivity index (χ4n) is 8.31. The number of aliphatic hydroxyl groups is 1. The van der Waals surface area contributed by atoms with Crippen LogP contribution in [0.4, 0.5) is 0 Å². The molecule has 1 aromatic carbocycles. The van der Waals surface area contributed by atoms with E-state index in [1.54, 1.807) is 27.7 Å². The zero-order valence-corrected chi connectivity index (χ0v) is 29.5. The summed E-state index contributed by atoms with van der Waals surface area (Å²) in [6.45, 7) is 14.8. The van der Waals surface area contributed by atoms with E-state index in [0.29, 0.717) is 5.57 Å². The Morgan fingerprint density at radius 1 is 0.938 bits per heavy atom. The first kappa shape index (κ1) is 37.0. The summed E-state index contributed by atoms with van der Waals surface area (Å²) in [5, 5.41) is 12.8. The monoisotopic (exact) mass is 667 g/mol. The van der Waals surface area contributed by atoms with Crippen LogP contribution in [0.1, 0.15) is 85.8 Å². The first-order valence-corrected chi connectivity index (χ1v) is 16.3. The van der Waals surface area contributed by atoms with E-state index in [1.165, 1.54) is 20.8 Å². The normalized spacial score (nSPS) is 31.9. The molecule has 3 aliphatic carbocycles. The summed E-state index contributed by atoms with van der Waals surface area (Å²) in [7, 11) is 3.75.